The lowest BCUT2D eigenvalue weighted by Crippen LogP contribution is -2.13. The summed E-state index contributed by atoms with van der Waals surface area (Å²) < 4.78 is 41.7. The molecule has 1 aromatic heterocycles. The van der Waals surface area contributed by atoms with Gasteiger partial charge in [0.05, 0.1) is 16.7 Å². The SMILES string of the molecule is FC(F)(F)c1nc2cc(N=Cc3ccccc3)ccc2n1-c1ccccc1. The molecule has 0 unspecified atom stereocenters. The van der Waals surface area contributed by atoms with Gasteiger partial charge in [0.2, 0.25) is 5.82 Å². The Bertz CT molecular complexity index is 1100. The van der Waals surface area contributed by atoms with Crippen LogP contribution in [0.4, 0.5) is 18.9 Å². The zero-order chi connectivity index (χ0) is 18.9. The lowest BCUT2D eigenvalue weighted by molar-refractivity contribution is -0.145. The van der Waals surface area contributed by atoms with E-state index in [0.29, 0.717) is 16.9 Å². The number of alkyl halides is 3. The lowest BCUT2D eigenvalue weighted by Gasteiger charge is -2.11. The van der Waals surface area contributed by atoms with Gasteiger partial charge in [-0.25, -0.2) is 4.98 Å². The van der Waals surface area contributed by atoms with Crippen LogP contribution < -0.4 is 0 Å². The van der Waals surface area contributed by atoms with Crippen LogP contribution in [0.5, 0.6) is 0 Å². The van der Waals surface area contributed by atoms with Gasteiger partial charge in [0.15, 0.2) is 0 Å². The highest BCUT2D eigenvalue weighted by atomic mass is 19.4. The summed E-state index contributed by atoms with van der Waals surface area (Å²) in [5.74, 6) is -0.951. The fraction of sp³-hybridized carbons (Fsp3) is 0.0476. The molecule has 3 nitrogen and oxygen atoms in total. The minimum absolute atomic E-state index is 0.244. The number of fused-ring (bicyclic) bond motifs is 1. The van der Waals surface area contributed by atoms with Crippen LogP contribution in [0.15, 0.2) is 83.9 Å². The molecule has 134 valence electrons. The summed E-state index contributed by atoms with van der Waals surface area (Å²) in [5.41, 5.74) is 2.48. The number of para-hydroxylation sites is 1. The van der Waals surface area contributed by atoms with E-state index in [1.54, 1.807) is 54.7 Å². The smallest absolute Gasteiger partial charge is 0.289 e. The fourth-order valence-electron chi connectivity index (χ4n) is 2.87. The maximum Gasteiger partial charge on any atom is 0.450 e. The summed E-state index contributed by atoms with van der Waals surface area (Å²) in [5, 5.41) is 0. The zero-order valence-electron chi connectivity index (χ0n) is 14.1. The van der Waals surface area contributed by atoms with Crippen molar-refractivity contribution in [1.29, 1.82) is 0 Å². The van der Waals surface area contributed by atoms with E-state index >= 15 is 0 Å². The van der Waals surface area contributed by atoms with Gasteiger partial charge in [0.1, 0.15) is 0 Å². The summed E-state index contributed by atoms with van der Waals surface area (Å²) in [7, 11) is 0. The van der Waals surface area contributed by atoms with Gasteiger partial charge < -0.3 is 0 Å². The molecule has 27 heavy (non-hydrogen) atoms. The third kappa shape index (κ3) is 3.46. The maximum atomic E-state index is 13.5. The first-order chi connectivity index (χ1) is 13.0. The number of benzene rings is 3. The third-order valence-electron chi connectivity index (χ3n) is 4.07. The van der Waals surface area contributed by atoms with E-state index < -0.39 is 12.0 Å². The van der Waals surface area contributed by atoms with E-state index in [1.807, 2.05) is 30.3 Å². The average Bonchev–Trinajstić information content (AvgIpc) is 3.07. The van der Waals surface area contributed by atoms with E-state index in [9.17, 15) is 13.2 Å². The molecule has 0 aliphatic rings. The Labute approximate surface area is 153 Å². The standard InChI is InChI=1S/C21H14F3N3/c22-21(23,24)20-26-18-13-16(25-14-15-7-3-1-4-8-15)11-12-19(18)27(20)17-9-5-2-6-10-17/h1-14H. The van der Waals surface area contributed by atoms with Crippen molar-refractivity contribution in [3.05, 3.63) is 90.3 Å². The van der Waals surface area contributed by atoms with Gasteiger partial charge >= 0.3 is 6.18 Å². The predicted molar refractivity (Wildman–Crippen MR) is 99.8 cm³/mol. The number of aliphatic imine (C=N–C) groups is 1. The Morgan fingerprint density at radius 2 is 1.52 bits per heavy atom. The number of halogens is 3. The van der Waals surface area contributed by atoms with Gasteiger partial charge in [-0.15, -0.1) is 0 Å². The van der Waals surface area contributed by atoms with Crippen molar-refractivity contribution in [3.63, 3.8) is 0 Å². The van der Waals surface area contributed by atoms with Gasteiger partial charge in [-0.1, -0.05) is 48.5 Å². The average molecular weight is 365 g/mol. The molecule has 1 heterocycles. The van der Waals surface area contributed by atoms with Crippen molar-refractivity contribution in [2.24, 2.45) is 4.99 Å². The number of rotatable bonds is 3. The summed E-state index contributed by atoms with van der Waals surface area (Å²) in [4.78, 5) is 8.18. The molecule has 0 radical (unpaired) electrons. The Balaban J connectivity index is 1.82. The molecule has 0 atom stereocenters. The van der Waals surface area contributed by atoms with Gasteiger partial charge in [-0.3, -0.25) is 9.56 Å². The molecule has 3 aromatic carbocycles. The number of hydrogen-bond donors (Lipinski definition) is 0. The first kappa shape index (κ1) is 17.0. The highest BCUT2D eigenvalue weighted by Crippen LogP contribution is 2.34. The minimum atomic E-state index is -4.57. The van der Waals surface area contributed by atoms with Crippen molar-refractivity contribution in [2.45, 2.75) is 6.18 Å². The molecule has 0 amide bonds. The Morgan fingerprint density at radius 1 is 0.852 bits per heavy atom. The minimum Gasteiger partial charge on any atom is -0.289 e. The quantitative estimate of drug-likeness (QED) is 0.422. The predicted octanol–water partition coefficient (Wildman–Crippen LogP) is 5.79. The monoisotopic (exact) mass is 365 g/mol. The van der Waals surface area contributed by atoms with Crippen LogP contribution in [-0.2, 0) is 6.18 Å². The van der Waals surface area contributed by atoms with Crippen molar-refractivity contribution >= 4 is 22.9 Å². The second kappa shape index (κ2) is 6.72. The molecule has 6 heteroatoms. The van der Waals surface area contributed by atoms with Crippen LogP contribution in [0, 0.1) is 0 Å². The molecule has 0 spiro atoms. The molecule has 0 bridgehead atoms. The Kier molecular flexibility index (Phi) is 4.24. The molecule has 0 saturated heterocycles. The van der Waals surface area contributed by atoms with E-state index in [1.165, 1.54) is 0 Å². The molecule has 0 saturated carbocycles. The number of aromatic nitrogens is 2. The van der Waals surface area contributed by atoms with Crippen LogP contribution in [0.2, 0.25) is 0 Å². The summed E-state index contributed by atoms with van der Waals surface area (Å²) in [6, 6.07) is 22.7. The van der Waals surface area contributed by atoms with Gasteiger partial charge in [0, 0.05) is 11.9 Å². The second-order valence-corrected chi connectivity index (χ2v) is 5.95. The van der Waals surface area contributed by atoms with Crippen molar-refractivity contribution in [1.82, 2.24) is 9.55 Å². The molecular formula is C21H14F3N3. The molecule has 0 N–H and O–H groups in total. The van der Waals surface area contributed by atoms with Crippen molar-refractivity contribution < 1.29 is 13.2 Å². The number of hydrogen-bond acceptors (Lipinski definition) is 2. The van der Waals surface area contributed by atoms with Gasteiger partial charge in [-0.2, -0.15) is 13.2 Å². The molecule has 4 rings (SSSR count). The summed E-state index contributed by atoms with van der Waals surface area (Å²) in [6.45, 7) is 0. The lowest BCUT2D eigenvalue weighted by atomic mass is 10.2. The summed E-state index contributed by atoms with van der Waals surface area (Å²) in [6.07, 6.45) is -2.90. The molecule has 0 aliphatic heterocycles. The van der Waals surface area contributed by atoms with Crippen LogP contribution in [0.3, 0.4) is 0 Å². The molecule has 0 fully saturated rings. The van der Waals surface area contributed by atoms with E-state index in [2.05, 4.69) is 9.98 Å². The molecule has 4 aromatic rings. The van der Waals surface area contributed by atoms with Crippen LogP contribution >= 0.6 is 0 Å². The topological polar surface area (TPSA) is 30.2 Å². The number of nitrogens with zero attached hydrogens (tertiary/aromatic N) is 3. The van der Waals surface area contributed by atoms with Crippen molar-refractivity contribution in [2.75, 3.05) is 0 Å². The molecule has 0 aliphatic carbocycles. The second-order valence-electron chi connectivity index (χ2n) is 5.95. The largest absolute Gasteiger partial charge is 0.450 e. The van der Waals surface area contributed by atoms with Crippen LogP contribution in [-0.4, -0.2) is 15.8 Å². The van der Waals surface area contributed by atoms with Crippen LogP contribution in [0.1, 0.15) is 11.4 Å². The highest BCUT2D eigenvalue weighted by molar-refractivity contribution is 5.85. The zero-order valence-corrected chi connectivity index (χ0v) is 14.1. The third-order valence-corrected chi connectivity index (χ3v) is 4.07. The fourth-order valence-corrected chi connectivity index (χ4v) is 2.87. The van der Waals surface area contributed by atoms with Gasteiger partial charge in [0.25, 0.3) is 0 Å². The summed E-state index contributed by atoms with van der Waals surface area (Å²) >= 11 is 0. The van der Waals surface area contributed by atoms with Gasteiger partial charge in [-0.05, 0) is 35.9 Å². The Morgan fingerprint density at radius 3 is 2.19 bits per heavy atom. The van der Waals surface area contributed by atoms with E-state index in [-0.39, 0.29) is 5.52 Å². The maximum absolute atomic E-state index is 13.5. The highest BCUT2D eigenvalue weighted by Gasteiger charge is 2.38. The van der Waals surface area contributed by atoms with Crippen LogP contribution in [0.25, 0.3) is 16.7 Å². The Hall–Kier alpha value is -3.41. The first-order valence-electron chi connectivity index (χ1n) is 8.26. The first-order valence-corrected chi connectivity index (χ1v) is 8.26. The molecular weight excluding hydrogens is 351 g/mol. The normalized spacial score (nSPS) is 12.1. The van der Waals surface area contributed by atoms with E-state index in [0.717, 1.165) is 10.1 Å². The van der Waals surface area contributed by atoms with Crippen molar-refractivity contribution in [3.8, 4) is 5.69 Å². The number of imidazole rings is 1. The van der Waals surface area contributed by atoms with E-state index in [4.69, 9.17) is 0 Å².